The zero-order valence-corrected chi connectivity index (χ0v) is 16.8. The van der Waals surface area contributed by atoms with Crippen LogP contribution in [-0.4, -0.2) is 36.9 Å². The average Bonchev–Trinajstić information content (AvgIpc) is 3.38. The summed E-state index contributed by atoms with van der Waals surface area (Å²) in [5.74, 6) is 0.492. The Balaban J connectivity index is 1.61. The zero-order valence-electron chi connectivity index (χ0n) is 15.1. The number of carbonyl (C=O) groups is 1. The van der Waals surface area contributed by atoms with Crippen LogP contribution < -0.4 is 0 Å². The molecule has 0 spiro atoms. The smallest absolute Gasteiger partial charge is 0.293 e. The van der Waals surface area contributed by atoms with Crippen molar-refractivity contribution in [2.24, 2.45) is 0 Å². The van der Waals surface area contributed by atoms with E-state index < -0.39 is 0 Å². The van der Waals surface area contributed by atoms with Gasteiger partial charge in [0.2, 0.25) is 5.82 Å². The van der Waals surface area contributed by atoms with Crippen LogP contribution in [0.4, 0.5) is 0 Å². The third-order valence-corrected chi connectivity index (χ3v) is 6.03. The highest BCUT2D eigenvalue weighted by molar-refractivity contribution is 7.10. The fourth-order valence-electron chi connectivity index (χ4n) is 2.94. The fourth-order valence-corrected chi connectivity index (χ4v) is 4.36. The molecule has 0 aliphatic heterocycles. The molecule has 1 amide bonds. The highest BCUT2D eigenvalue weighted by Gasteiger charge is 2.22. The predicted octanol–water partition coefficient (Wildman–Crippen LogP) is 3.75. The normalized spacial score (nSPS) is 11.2. The number of aromatic nitrogens is 4. The van der Waals surface area contributed by atoms with Gasteiger partial charge in [-0.2, -0.15) is 4.98 Å². The van der Waals surface area contributed by atoms with E-state index in [1.807, 2.05) is 48.4 Å². The monoisotopic (exact) mass is 397 g/mol. The van der Waals surface area contributed by atoms with Crippen molar-refractivity contribution in [3.05, 3.63) is 68.1 Å². The molecule has 0 atom stereocenters. The Morgan fingerprint density at radius 3 is 2.56 bits per heavy atom. The average molecular weight is 398 g/mol. The maximum atomic E-state index is 13.2. The highest BCUT2D eigenvalue weighted by atomic mass is 32.1. The SMILES string of the molecule is Cc1cc(C)n2nc(C(=O)N(CCc3cccs3)Cc3cccs3)nc2n1. The summed E-state index contributed by atoms with van der Waals surface area (Å²) in [6.45, 7) is 5.03. The van der Waals surface area contributed by atoms with Crippen molar-refractivity contribution in [1.29, 1.82) is 0 Å². The molecule has 27 heavy (non-hydrogen) atoms. The van der Waals surface area contributed by atoms with E-state index in [2.05, 4.69) is 26.5 Å². The summed E-state index contributed by atoms with van der Waals surface area (Å²) in [6, 6.07) is 10.1. The first-order valence-corrected chi connectivity index (χ1v) is 10.4. The standard InChI is InChI=1S/C19H19N5OS2/c1-13-11-14(2)24-19(20-13)21-17(22-24)18(25)23(12-16-6-4-10-27-16)8-7-15-5-3-9-26-15/h3-6,9-11H,7-8,12H2,1-2H3. The first kappa shape index (κ1) is 17.8. The lowest BCUT2D eigenvalue weighted by Gasteiger charge is -2.20. The number of aryl methyl sites for hydroxylation is 2. The second-order valence-corrected chi connectivity index (χ2v) is 8.39. The van der Waals surface area contributed by atoms with Crippen LogP contribution in [0.3, 0.4) is 0 Å². The van der Waals surface area contributed by atoms with E-state index >= 15 is 0 Å². The van der Waals surface area contributed by atoms with E-state index in [4.69, 9.17) is 0 Å². The molecule has 0 unspecified atom stereocenters. The molecular formula is C19H19N5OS2. The van der Waals surface area contributed by atoms with Gasteiger partial charge in [-0.25, -0.2) is 9.50 Å². The summed E-state index contributed by atoms with van der Waals surface area (Å²) in [6.07, 6.45) is 0.818. The third-order valence-electron chi connectivity index (χ3n) is 4.23. The molecule has 0 aliphatic carbocycles. The highest BCUT2D eigenvalue weighted by Crippen LogP contribution is 2.16. The number of hydrogen-bond acceptors (Lipinski definition) is 6. The van der Waals surface area contributed by atoms with Crippen molar-refractivity contribution < 1.29 is 4.79 Å². The molecule has 0 N–H and O–H groups in total. The van der Waals surface area contributed by atoms with Crippen LogP contribution in [0.25, 0.3) is 5.78 Å². The minimum atomic E-state index is -0.164. The summed E-state index contributed by atoms with van der Waals surface area (Å²) >= 11 is 3.35. The number of carbonyl (C=O) groups excluding carboxylic acids is 1. The molecule has 4 rings (SSSR count). The number of fused-ring (bicyclic) bond motifs is 1. The van der Waals surface area contributed by atoms with E-state index in [0.717, 1.165) is 22.7 Å². The third kappa shape index (κ3) is 3.91. The Kier molecular flexibility index (Phi) is 5.00. The first-order valence-electron chi connectivity index (χ1n) is 8.65. The van der Waals surface area contributed by atoms with E-state index in [-0.39, 0.29) is 11.7 Å². The first-order chi connectivity index (χ1) is 13.1. The molecule has 138 valence electrons. The van der Waals surface area contributed by atoms with Crippen molar-refractivity contribution in [1.82, 2.24) is 24.5 Å². The minimum absolute atomic E-state index is 0.164. The Bertz CT molecular complexity index is 1050. The molecule has 0 saturated carbocycles. The lowest BCUT2D eigenvalue weighted by Crippen LogP contribution is -2.33. The van der Waals surface area contributed by atoms with E-state index in [0.29, 0.717) is 18.9 Å². The van der Waals surface area contributed by atoms with Gasteiger partial charge in [0.1, 0.15) is 0 Å². The van der Waals surface area contributed by atoms with Crippen LogP contribution in [0.15, 0.2) is 41.1 Å². The Morgan fingerprint density at radius 1 is 1.11 bits per heavy atom. The minimum Gasteiger partial charge on any atom is -0.330 e. The van der Waals surface area contributed by atoms with Crippen molar-refractivity contribution >= 4 is 34.4 Å². The number of rotatable bonds is 6. The summed E-state index contributed by atoms with van der Waals surface area (Å²) in [4.78, 5) is 26.2. The molecule has 4 aromatic rings. The topological polar surface area (TPSA) is 63.4 Å². The molecule has 0 aliphatic rings. The van der Waals surface area contributed by atoms with Gasteiger partial charge >= 0.3 is 0 Å². The summed E-state index contributed by atoms with van der Waals surface area (Å²) in [5.41, 5.74) is 1.77. The van der Waals surface area contributed by atoms with Gasteiger partial charge in [-0.1, -0.05) is 12.1 Å². The van der Waals surface area contributed by atoms with Crippen LogP contribution in [0.2, 0.25) is 0 Å². The Morgan fingerprint density at radius 2 is 1.85 bits per heavy atom. The summed E-state index contributed by atoms with van der Waals surface area (Å²) < 4.78 is 1.63. The molecule has 0 bridgehead atoms. The van der Waals surface area contributed by atoms with Gasteiger partial charge in [0, 0.05) is 27.7 Å². The molecular weight excluding hydrogens is 378 g/mol. The second kappa shape index (κ2) is 7.58. The lowest BCUT2D eigenvalue weighted by atomic mass is 10.3. The van der Waals surface area contributed by atoms with Gasteiger partial charge in [-0.3, -0.25) is 4.79 Å². The number of amides is 1. The van der Waals surface area contributed by atoms with Crippen LogP contribution in [-0.2, 0) is 13.0 Å². The molecule has 0 aromatic carbocycles. The molecule has 0 radical (unpaired) electrons. The van der Waals surface area contributed by atoms with Gasteiger partial charge in [0.05, 0.1) is 6.54 Å². The van der Waals surface area contributed by atoms with Crippen molar-refractivity contribution in [2.45, 2.75) is 26.8 Å². The maximum absolute atomic E-state index is 13.2. The molecule has 6 nitrogen and oxygen atoms in total. The van der Waals surface area contributed by atoms with Crippen LogP contribution in [0, 0.1) is 13.8 Å². The largest absolute Gasteiger partial charge is 0.330 e. The summed E-state index contributed by atoms with van der Waals surface area (Å²) in [7, 11) is 0. The van der Waals surface area contributed by atoms with Crippen LogP contribution in [0.1, 0.15) is 31.8 Å². The number of nitrogens with zero attached hydrogens (tertiary/aromatic N) is 5. The zero-order chi connectivity index (χ0) is 18.8. The molecule has 0 saturated heterocycles. The molecule has 0 fully saturated rings. The van der Waals surface area contributed by atoms with Crippen molar-refractivity contribution in [2.75, 3.05) is 6.54 Å². The predicted molar refractivity (Wildman–Crippen MR) is 107 cm³/mol. The van der Waals surface area contributed by atoms with Gasteiger partial charge in [-0.15, -0.1) is 27.8 Å². The number of hydrogen-bond donors (Lipinski definition) is 0. The number of thiophene rings is 2. The van der Waals surface area contributed by atoms with Gasteiger partial charge < -0.3 is 4.90 Å². The molecule has 4 aromatic heterocycles. The summed E-state index contributed by atoms with van der Waals surface area (Å²) in [5, 5.41) is 8.49. The Labute approximate surface area is 165 Å². The quantitative estimate of drug-likeness (QED) is 0.497. The maximum Gasteiger partial charge on any atom is 0.293 e. The van der Waals surface area contributed by atoms with E-state index in [1.165, 1.54) is 4.88 Å². The van der Waals surface area contributed by atoms with E-state index in [1.54, 1.807) is 27.2 Å². The Hall–Kier alpha value is -2.58. The van der Waals surface area contributed by atoms with Gasteiger partial charge in [0.25, 0.3) is 11.7 Å². The second-order valence-electron chi connectivity index (χ2n) is 6.32. The van der Waals surface area contributed by atoms with Crippen LogP contribution >= 0.6 is 22.7 Å². The van der Waals surface area contributed by atoms with E-state index in [9.17, 15) is 4.79 Å². The van der Waals surface area contributed by atoms with Crippen molar-refractivity contribution in [3.8, 4) is 0 Å². The van der Waals surface area contributed by atoms with Gasteiger partial charge in [0.15, 0.2) is 0 Å². The molecule has 4 heterocycles. The van der Waals surface area contributed by atoms with Gasteiger partial charge in [-0.05, 0) is 49.2 Å². The fraction of sp³-hybridized carbons (Fsp3) is 0.263. The van der Waals surface area contributed by atoms with Crippen molar-refractivity contribution in [3.63, 3.8) is 0 Å². The molecule has 8 heteroatoms. The lowest BCUT2D eigenvalue weighted by molar-refractivity contribution is 0.0735. The van der Waals surface area contributed by atoms with Crippen LogP contribution in [0.5, 0.6) is 0 Å².